The third-order valence-electron chi connectivity index (χ3n) is 2.14. The number of nitrogens with one attached hydrogen (secondary N) is 2. The topological polar surface area (TPSA) is 57.8 Å². The lowest BCUT2D eigenvalue weighted by molar-refractivity contribution is -0.115. The number of benzene rings is 1. The van der Waals surface area contributed by atoms with E-state index < -0.39 is 17.5 Å². The number of aromatic amines is 1. The molecule has 1 aromatic carbocycles. The molecule has 1 heterocycles. The summed E-state index contributed by atoms with van der Waals surface area (Å²) in [6, 6.07) is 3.72. The molecule has 0 aliphatic heterocycles. The Labute approximate surface area is 95.7 Å². The fraction of sp³-hybridized carbons (Fsp3) is 0.0909. The summed E-state index contributed by atoms with van der Waals surface area (Å²) in [5.74, 6) is -2.16. The van der Waals surface area contributed by atoms with Crippen LogP contribution in [0.4, 0.5) is 14.7 Å². The molecule has 0 radical (unpaired) electrons. The van der Waals surface area contributed by atoms with Gasteiger partial charge in [0, 0.05) is 18.0 Å². The van der Waals surface area contributed by atoms with Gasteiger partial charge in [0.1, 0.15) is 0 Å². The number of imidazole rings is 1. The molecule has 1 aromatic heterocycles. The van der Waals surface area contributed by atoms with Gasteiger partial charge in [0.2, 0.25) is 11.9 Å². The van der Waals surface area contributed by atoms with Gasteiger partial charge < -0.3 is 4.98 Å². The number of halogens is 2. The standard InChI is InChI=1S/C11H9F2N3O/c12-8-3-1-2-7(10(8)13)6-9(17)16-11-14-4-5-15-11/h1-5H,6H2,(H2,14,15,16,17). The first-order valence-electron chi connectivity index (χ1n) is 4.89. The second kappa shape index (κ2) is 4.73. The van der Waals surface area contributed by atoms with Gasteiger partial charge in [0.05, 0.1) is 6.42 Å². The van der Waals surface area contributed by atoms with Gasteiger partial charge in [-0.3, -0.25) is 10.1 Å². The van der Waals surface area contributed by atoms with Crippen molar-refractivity contribution in [1.82, 2.24) is 9.97 Å². The van der Waals surface area contributed by atoms with Crippen LogP contribution in [-0.2, 0) is 11.2 Å². The predicted octanol–water partition coefficient (Wildman–Crippen LogP) is 1.87. The SMILES string of the molecule is O=C(Cc1cccc(F)c1F)Nc1ncc[nH]1. The van der Waals surface area contributed by atoms with Gasteiger partial charge in [-0.05, 0) is 6.07 Å². The molecule has 2 rings (SSSR count). The Morgan fingerprint density at radius 1 is 1.41 bits per heavy atom. The molecule has 2 aromatic rings. The van der Waals surface area contributed by atoms with Crippen LogP contribution in [0.25, 0.3) is 0 Å². The highest BCUT2D eigenvalue weighted by atomic mass is 19.2. The van der Waals surface area contributed by atoms with Crippen molar-refractivity contribution in [3.8, 4) is 0 Å². The van der Waals surface area contributed by atoms with Crippen molar-refractivity contribution in [2.75, 3.05) is 5.32 Å². The van der Waals surface area contributed by atoms with E-state index in [0.29, 0.717) is 0 Å². The minimum Gasteiger partial charge on any atom is -0.331 e. The molecule has 0 spiro atoms. The van der Waals surface area contributed by atoms with E-state index >= 15 is 0 Å². The fourth-order valence-electron chi connectivity index (χ4n) is 1.37. The second-order valence-corrected chi connectivity index (χ2v) is 3.38. The monoisotopic (exact) mass is 237 g/mol. The summed E-state index contributed by atoms with van der Waals surface area (Å²) in [5, 5.41) is 2.42. The molecule has 88 valence electrons. The minimum atomic E-state index is -0.998. The normalized spacial score (nSPS) is 10.2. The van der Waals surface area contributed by atoms with Crippen molar-refractivity contribution in [2.45, 2.75) is 6.42 Å². The molecule has 0 atom stereocenters. The molecule has 0 fully saturated rings. The zero-order valence-electron chi connectivity index (χ0n) is 8.71. The largest absolute Gasteiger partial charge is 0.331 e. The summed E-state index contributed by atoms with van der Waals surface area (Å²) < 4.78 is 26.1. The highest BCUT2D eigenvalue weighted by Gasteiger charge is 2.12. The maximum atomic E-state index is 13.3. The molecule has 6 heteroatoms. The van der Waals surface area contributed by atoms with Crippen molar-refractivity contribution in [2.24, 2.45) is 0 Å². The minimum absolute atomic E-state index is 0.00839. The number of carbonyl (C=O) groups is 1. The summed E-state index contributed by atoms with van der Waals surface area (Å²) in [6.45, 7) is 0. The molecule has 17 heavy (non-hydrogen) atoms. The van der Waals surface area contributed by atoms with Crippen LogP contribution in [0.3, 0.4) is 0 Å². The maximum absolute atomic E-state index is 13.3. The van der Waals surface area contributed by atoms with E-state index in [1.807, 2.05) is 0 Å². The molecular formula is C11H9F2N3O. The highest BCUT2D eigenvalue weighted by molar-refractivity contribution is 5.90. The molecule has 0 aliphatic rings. The summed E-state index contributed by atoms with van der Waals surface area (Å²) in [4.78, 5) is 17.9. The number of nitrogens with zero attached hydrogens (tertiary/aromatic N) is 1. The number of anilines is 1. The van der Waals surface area contributed by atoms with Crippen molar-refractivity contribution in [1.29, 1.82) is 0 Å². The van der Waals surface area contributed by atoms with E-state index in [2.05, 4.69) is 15.3 Å². The maximum Gasteiger partial charge on any atom is 0.231 e. The van der Waals surface area contributed by atoms with E-state index in [1.54, 1.807) is 6.20 Å². The Kier molecular flexibility index (Phi) is 3.13. The number of hydrogen-bond acceptors (Lipinski definition) is 2. The van der Waals surface area contributed by atoms with E-state index in [0.717, 1.165) is 6.07 Å². The van der Waals surface area contributed by atoms with Crippen molar-refractivity contribution in [3.63, 3.8) is 0 Å². The van der Waals surface area contributed by atoms with Crippen molar-refractivity contribution >= 4 is 11.9 Å². The van der Waals surface area contributed by atoms with E-state index in [-0.39, 0.29) is 17.9 Å². The Bertz CT molecular complexity index is 526. The highest BCUT2D eigenvalue weighted by Crippen LogP contribution is 2.12. The summed E-state index contributed by atoms with van der Waals surface area (Å²) in [6.07, 6.45) is 2.76. The molecule has 0 saturated heterocycles. The third kappa shape index (κ3) is 2.66. The van der Waals surface area contributed by atoms with Crippen molar-refractivity contribution < 1.29 is 13.6 Å². The zero-order valence-corrected chi connectivity index (χ0v) is 8.71. The van der Waals surface area contributed by atoms with Crippen LogP contribution < -0.4 is 5.32 Å². The third-order valence-corrected chi connectivity index (χ3v) is 2.14. The van der Waals surface area contributed by atoms with E-state index in [9.17, 15) is 13.6 Å². The summed E-state index contributed by atoms with van der Waals surface area (Å²) >= 11 is 0. The van der Waals surface area contributed by atoms with Gasteiger partial charge in [-0.1, -0.05) is 12.1 Å². The smallest absolute Gasteiger partial charge is 0.231 e. The fourth-order valence-corrected chi connectivity index (χ4v) is 1.37. The molecule has 0 unspecified atom stereocenters. The van der Waals surface area contributed by atoms with Gasteiger partial charge in [-0.15, -0.1) is 0 Å². The van der Waals surface area contributed by atoms with Crippen LogP contribution in [0, 0.1) is 11.6 Å². The van der Waals surface area contributed by atoms with Crippen LogP contribution in [0.2, 0.25) is 0 Å². The molecule has 1 amide bonds. The number of rotatable bonds is 3. The van der Waals surface area contributed by atoms with Crippen LogP contribution in [0.5, 0.6) is 0 Å². The number of carbonyl (C=O) groups excluding carboxylic acids is 1. The van der Waals surface area contributed by atoms with Crippen LogP contribution in [-0.4, -0.2) is 15.9 Å². The van der Waals surface area contributed by atoms with Crippen LogP contribution >= 0.6 is 0 Å². The van der Waals surface area contributed by atoms with E-state index in [1.165, 1.54) is 18.3 Å². The molecule has 4 nitrogen and oxygen atoms in total. The number of H-pyrrole nitrogens is 1. The number of hydrogen-bond donors (Lipinski definition) is 2. The quantitative estimate of drug-likeness (QED) is 0.856. The Balaban J connectivity index is 2.06. The summed E-state index contributed by atoms with van der Waals surface area (Å²) in [5.41, 5.74) is 0.00839. The molecular weight excluding hydrogens is 228 g/mol. The molecule has 0 aliphatic carbocycles. The first-order valence-corrected chi connectivity index (χ1v) is 4.89. The zero-order chi connectivity index (χ0) is 12.3. The van der Waals surface area contributed by atoms with Crippen LogP contribution in [0.1, 0.15) is 5.56 Å². The van der Waals surface area contributed by atoms with Crippen LogP contribution in [0.15, 0.2) is 30.6 Å². The molecule has 0 saturated carbocycles. The predicted molar refractivity (Wildman–Crippen MR) is 57.3 cm³/mol. The van der Waals surface area contributed by atoms with Crippen molar-refractivity contribution in [3.05, 3.63) is 47.8 Å². The lowest BCUT2D eigenvalue weighted by atomic mass is 10.1. The first kappa shape index (κ1) is 11.3. The Hall–Kier alpha value is -2.24. The molecule has 2 N–H and O–H groups in total. The average molecular weight is 237 g/mol. The van der Waals surface area contributed by atoms with Gasteiger partial charge in [-0.25, -0.2) is 13.8 Å². The lowest BCUT2D eigenvalue weighted by Crippen LogP contribution is -2.16. The van der Waals surface area contributed by atoms with E-state index in [4.69, 9.17) is 0 Å². The summed E-state index contributed by atoms with van der Waals surface area (Å²) in [7, 11) is 0. The van der Waals surface area contributed by atoms with Gasteiger partial charge >= 0.3 is 0 Å². The number of amides is 1. The lowest BCUT2D eigenvalue weighted by Gasteiger charge is -2.03. The van der Waals surface area contributed by atoms with Gasteiger partial charge in [-0.2, -0.15) is 0 Å². The molecule has 0 bridgehead atoms. The number of aromatic nitrogens is 2. The first-order chi connectivity index (χ1) is 8.16. The van der Waals surface area contributed by atoms with Gasteiger partial charge in [0.15, 0.2) is 11.6 Å². The average Bonchev–Trinajstić information content (AvgIpc) is 2.77. The Morgan fingerprint density at radius 2 is 2.24 bits per heavy atom. The van der Waals surface area contributed by atoms with Gasteiger partial charge in [0.25, 0.3) is 0 Å². The second-order valence-electron chi connectivity index (χ2n) is 3.38. The Morgan fingerprint density at radius 3 is 2.94 bits per heavy atom.